The van der Waals surface area contributed by atoms with Crippen molar-refractivity contribution in [3.63, 3.8) is 0 Å². The highest BCUT2D eigenvalue weighted by atomic mass is 16.5. The molecule has 0 aliphatic heterocycles. The van der Waals surface area contributed by atoms with Gasteiger partial charge in [-0.25, -0.2) is 9.59 Å². The van der Waals surface area contributed by atoms with E-state index in [1.165, 1.54) is 0 Å². The Labute approximate surface area is 107 Å². The number of esters is 2. The quantitative estimate of drug-likeness (QED) is 0.771. The summed E-state index contributed by atoms with van der Waals surface area (Å²) in [6, 6.07) is 6.23. The highest BCUT2D eigenvalue weighted by Crippen LogP contribution is 2.09. The molecule has 18 heavy (non-hydrogen) atoms. The van der Waals surface area contributed by atoms with Gasteiger partial charge < -0.3 is 9.47 Å². The van der Waals surface area contributed by atoms with E-state index < -0.39 is 11.9 Å². The number of carbonyl (C=O) groups excluding carboxylic acids is 2. The minimum atomic E-state index is -0.395. The fraction of sp³-hybridized carbons (Fsp3) is 0.429. The Balaban J connectivity index is 2.74. The van der Waals surface area contributed by atoms with E-state index in [0.29, 0.717) is 11.1 Å². The molecule has 0 radical (unpaired) electrons. The average Bonchev–Trinajstić information content (AvgIpc) is 2.27. The largest absolute Gasteiger partial charge is 0.459 e. The summed E-state index contributed by atoms with van der Waals surface area (Å²) in [4.78, 5) is 23.2. The first-order valence-electron chi connectivity index (χ1n) is 5.92. The Bertz CT molecular complexity index is 377. The second-order valence-electron chi connectivity index (χ2n) is 4.49. The first-order chi connectivity index (χ1) is 8.40. The molecule has 1 rings (SSSR count). The van der Waals surface area contributed by atoms with Crippen LogP contribution in [0.5, 0.6) is 0 Å². The van der Waals surface area contributed by atoms with Crippen LogP contribution >= 0.6 is 0 Å². The first kappa shape index (κ1) is 14.2. The molecule has 0 aliphatic carbocycles. The fourth-order valence-corrected chi connectivity index (χ4v) is 1.31. The summed E-state index contributed by atoms with van der Waals surface area (Å²) in [7, 11) is 0. The normalized spacial score (nSPS) is 10.6. The van der Waals surface area contributed by atoms with Crippen molar-refractivity contribution in [2.24, 2.45) is 0 Å². The van der Waals surface area contributed by atoms with Crippen molar-refractivity contribution in [3.8, 4) is 0 Å². The van der Waals surface area contributed by atoms with Crippen LogP contribution in [0.15, 0.2) is 24.3 Å². The summed E-state index contributed by atoms with van der Waals surface area (Å²) in [6.45, 7) is 7.14. The fourth-order valence-electron chi connectivity index (χ4n) is 1.31. The lowest BCUT2D eigenvalue weighted by Crippen LogP contribution is -2.13. The summed E-state index contributed by atoms with van der Waals surface area (Å²) in [5.74, 6) is -0.789. The van der Waals surface area contributed by atoms with Gasteiger partial charge in [0.1, 0.15) is 0 Å². The van der Waals surface area contributed by atoms with Gasteiger partial charge in [0, 0.05) is 0 Å². The van der Waals surface area contributed by atoms with E-state index in [4.69, 9.17) is 9.47 Å². The molecule has 0 aliphatic rings. The van der Waals surface area contributed by atoms with Crippen LogP contribution in [0.1, 0.15) is 48.4 Å². The zero-order valence-corrected chi connectivity index (χ0v) is 11.1. The summed E-state index contributed by atoms with van der Waals surface area (Å²) in [5, 5.41) is 0. The van der Waals surface area contributed by atoms with Crippen molar-refractivity contribution in [2.45, 2.75) is 39.9 Å². The SMILES string of the molecule is CC(C)OC(=O)c1ccc(C(=O)OC(C)C)cc1. The van der Waals surface area contributed by atoms with Gasteiger partial charge in [-0.3, -0.25) is 0 Å². The predicted molar refractivity (Wildman–Crippen MR) is 67.5 cm³/mol. The zero-order chi connectivity index (χ0) is 13.7. The smallest absolute Gasteiger partial charge is 0.338 e. The Morgan fingerprint density at radius 1 is 0.778 bits per heavy atom. The maximum Gasteiger partial charge on any atom is 0.338 e. The van der Waals surface area contributed by atoms with Gasteiger partial charge in [-0.1, -0.05) is 0 Å². The van der Waals surface area contributed by atoms with Crippen LogP contribution in [0.2, 0.25) is 0 Å². The topological polar surface area (TPSA) is 52.6 Å². The standard InChI is InChI=1S/C14H18O4/c1-9(2)17-13(15)11-5-7-12(8-6-11)14(16)18-10(3)4/h5-10H,1-4H3. The predicted octanol–water partition coefficient (Wildman–Crippen LogP) is 2.82. The Morgan fingerprint density at radius 2 is 1.06 bits per heavy atom. The second-order valence-corrected chi connectivity index (χ2v) is 4.49. The van der Waals surface area contributed by atoms with Crippen molar-refractivity contribution in [2.75, 3.05) is 0 Å². The molecular weight excluding hydrogens is 232 g/mol. The maximum atomic E-state index is 11.6. The van der Waals surface area contributed by atoms with Crippen molar-refractivity contribution in [3.05, 3.63) is 35.4 Å². The van der Waals surface area contributed by atoms with Gasteiger partial charge in [0.05, 0.1) is 23.3 Å². The van der Waals surface area contributed by atoms with Crippen LogP contribution in [0.25, 0.3) is 0 Å². The number of carbonyl (C=O) groups is 2. The van der Waals surface area contributed by atoms with Crippen LogP contribution in [-0.2, 0) is 9.47 Å². The molecule has 0 aromatic heterocycles. The first-order valence-corrected chi connectivity index (χ1v) is 5.92. The van der Waals surface area contributed by atoms with Gasteiger partial charge in [-0.15, -0.1) is 0 Å². The molecule has 0 N–H and O–H groups in total. The third-order valence-corrected chi connectivity index (χ3v) is 2.04. The third kappa shape index (κ3) is 4.20. The Kier molecular flexibility index (Phi) is 4.89. The average molecular weight is 250 g/mol. The zero-order valence-electron chi connectivity index (χ0n) is 11.1. The third-order valence-electron chi connectivity index (χ3n) is 2.04. The molecule has 0 heterocycles. The molecule has 0 fully saturated rings. The van der Waals surface area contributed by atoms with Gasteiger partial charge in [0.2, 0.25) is 0 Å². The van der Waals surface area contributed by atoms with Crippen LogP contribution in [-0.4, -0.2) is 24.1 Å². The lowest BCUT2D eigenvalue weighted by atomic mass is 10.1. The van der Waals surface area contributed by atoms with E-state index in [1.807, 2.05) is 0 Å². The molecule has 0 atom stereocenters. The second kappa shape index (κ2) is 6.19. The molecule has 0 saturated heterocycles. The highest BCUT2D eigenvalue weighted by molar-refractivity contribution is 5.93. The summed E-state index contributed by atoms with van der Waals surface area (Å²) < 4.78 is 10.1. The molecule has 98 valence electrons. The van der Waals surface area contributed by atoms with Gasteiger partial charge in [-0.2, -0.15) is 0 Å². The lowest BCUT2D eigenvalue weighted by molar-refractivity contribution is 0.0361. The van der Waals surface area contributed by atoms with Crippen molar-refractivity contribution >= 4 is 11.9 Å². The minimum absolute atomic E-state index is 0.164. The van der Waals surface area contributed by atoms with Crippen LogP contribution in [0.3, 0.4) is 0 Å². The summed E-state index contributed by atoms with van der Waals surface area (Å²) >= 11 is 0. The lowest BCUT2D eigenvalue weighted by Gasteiger charge is -2.09. The molecule has 0 amide bonds. The van der Waals surface area contributed by atoms with Gasteiger partial charge in [0.15, 0.2) is 0 Å². The molecule has 0 unspecified atom stereocenters. The summed E-state index contributed by atoms with van der Waals surface area (Å²) in [5.41, 5.74) is 0.842. The van der Waals surface area contributed by atoms with Crippen LogP contribution < -0.4 is 0 Å². The Hall–Kier alpha value is -1.84. The number of rotatable bonds is 4. The molecular formula is C14H18O4. The molecule has 0 bridgehead atoms. The van der Waals surface area contributed by atoms with E-state index in [1.54, 1.807) is 52.0 Å². The van der Waals surface area contributed by atoms with Crippen molar-refractivity contribution < 1.29 is 19.1 Å². The van der Waals surface area contributed by atoms with E-state index >= 15 is 0 Å². The van der Waals surface area contributed by atoms with Gasteiger partial charge >= 0.3 is 11.9 Å². The summed E-state index contributed by atoms with van der Waals surface area (Å²) in [6.07, 6.45) is -0.328. The van der Waals surface area contributed by atoms with E-state index in [9.17, 15) is 9.59 Å². The molecule has 4 nitrogen and oxygen atoms in total. The van der Waals surface area contributed by atoms with Crippen molar-refractivity contribution in [1.82, 2.24) is 0 Å². The molecule has 0 saturated carbocycles. The van der Waals surface area contributed by atoms with Crippen LogP contribution in [0.4, 0.5) is 0 Å². The molecule has 1 aromatic rings. The van der Waals surface area contributed by atoms with E-state index in [0.717, 1.165) is 0 Å². The van der Waals surface area contributed by atoms with Crippen LogP contribution in [0, 0.1) is 0 Å². The number of benzene rings is 1. The highest BCUT2D eigenvalue weighted by Gasteiger charge is 2.12. The number of hydrogen-bond donors (Lipinski definition) is 0. The Morgan fingerprint density at radius 3 is 1.28 bits per heavy atom. The molecule has 1 aromatic carbocycles. The number of ether oxygens (including phenoxy) is 2. The number of hydrogen-bond acceptors (Lipinski definition) is 4. The van der Waals surface area contributed by atoms with Gasteiger partial charge in [0.25, 0.3) is 0 Å². The van der Waals surface area contributed by atoms with E-state index in [-0.39, 0.29) is 12.2 Å². The van der Waals surface area contributed by atoms with Crippen molar-refractivity contribution in [1.29, 1.82) is 0 Å². The monoisotopic (exact) mass is 250 g/mol. The van der Waals surface area contributed by atoms with E-state index in [2.05, 4.69) is 0 Å². The van der Waals surface area contributed by atoms with Gasteiger partial charge in [-0.05, 0) is 52.0 Å². The minimum Gasteiger partial charge on any atom is -0.459 e. The molecule has 4 heteroatoms. The maximum absolute atomic E-state index is 11.6. The molecule has 0 spiro atoms.